The van der Waals surface area contributed by atoms with Gasteiger partial charge >= 0.3 is 6.03 Å². The Balaban J connectivity index is 1.91. The zero-order valence-electron chi connectivity index (χ0n) is 12.0. The second-order valence-electron chi connectivity index (χ2n) is 5.40. The molecule has 22 heavy (non-hydrogen) atoms. The summed E-state index contributed by atoms with van der Waals surface area (Å²) in [4.78, 5) is 25.9. The molecule has 4 nitrogen and oxygen atoms in total. The first-order valence-corrected chi connectivity index (χ1v) is 6.95. The first kappa shape index (κ1) is 14.3. The van der Waals surface area contributed by atoms with Crippen LogP contribution in [0.5, 0.6) is 0 Å². The maximum atomic E-state index is 13.7. The highest BCUT2D eigenvalue weighted by Gasteiger charge is 2.48. The summed E-state index contributed by atoms with van der Waals surface area (Å²) in [6.45, 7) is 1.57. The van der Waals surface area contributed by atoms with Crippen molar-refractivity contribution in [1.82, 2.24) is 10.2 Å². The zero-order chi connectivity index (χ0) is 15.7. The molecule has 1 fully saturated rings. The predicted octanol–water partition coefficient (Wildman–Crippen LogP) is 2.79. The lowest BCUT2D eigenvalue weighted by Crippen LogP contribution is -2.40. The largest absolute Gasteiger partial charge is 0.325 e. The molecule has 1 aliphatic heterocycles. The van der Waals surface area contributed by atoms with Crippen LogP contribution in [0.4, 0.5) is 9.18 Å². The average molecular weight is 298 g/mol. The first-order valence-electron chi connectivity index (χ1n) is 6.95. The molecule has 2 aromatic rings. The number of amides is 3. The van der Waals surface area contributed by atoms with E-state index < -0.39 is 17.4 Å². The fourth-order valence-electron chi connectivity index (χ4n) is 2.60. The molecule has 0 aromatic heterocycles. The number of imide groups is 1. The van der Waals surface area contributed by atoms with Crippen LogP contribution in [0.15, 0.2) is 54.6 Å². The van der Waals surface area contributed by atoms with Gasteiger partial charge in [0.25, 0.3) is 5.91 Å². The zero-order valence-corrected chi connectivity index (χ0v) is 12.0. The number of carbonyl (C=O) groups excluding carboxylic acids is 2. The number of rotatable bonds is 3. The normalized spacial score (nSPS) is 21.1. The van der Waals surface area contributed by atoms with Crippen molar-refractivity contribution in [3.05, 3.63) is 71.5 Å². The number of halogens is 1. The minimum Gasteiger partial charge on any atom is -0.319 e. The molecule has 1 atom stereocenters. The molecular formula is C17H15FN2O2. The van der Waals surface area contributed by atoms with Crippen LogP contribution in [0.1, 0.15) is 18.1 Å². The van der Waals surface area contributed by atoms with Gasteiger partial charge in [0, 0.05) is 5.56 Å². The lowest BCUT2D eigenvalue weighted by Gasteiger charge is -2.22. The number of nitrogens with one attached hydrogen (secondary N) is 1. The van der Waals surface area contributed by atoms with Gasteiger partial charge in [-0.05, 0) is 18.6 Å². The van der Waals surface area contributed by atoms with Gasteiger partial charge in [-0.2, -0.15) is 0 Å². The Kier molecular flexibility index (Phi) is 3.41. The van der Waals surface area contributed by atoms with Crippen molar-refractivity contribution in [2.45, 2.75) is 19.0 Å². The van der Waals surface area contributed by atoms with E-state index in [1.807, 2.05) is 6.07 Å². The number of urea groups is 1. The minimum atomic E-state index is -1.12. The van der Waals surface area contributed by atoms with Crippen LogP contribution in [0.3, 0.4) is 0 Å². The summed E-state index contributed by atoms with van der Waals surface area (Å²) in [5.74, 6) is -0.816. The Labute approximate surface area is 127 Å². The van der Waals surface area contributed by atoms with Gasteiger partial charge in [0.1, 0.15) is 11.4 Å². The van der Waals surface area contributed by atoms with E-state index in [0.29, 0.717) is 11.1 Å². The quantitative estimate of drug-likeness (QED) is 0.886. The second-order valence-corrected chi connectivity index (χ2v) is 5.40. The van der Waals surface area contributed by atoms with Crippen molar-refractivity contribution >= 4 is 11.9 Å². The van der Waals surface area contributed by atoms with Gasteiger partial charge in [0.15, 0.2) is 0 Å². The van der Waals surface area contributed by atoms with Crippen LogP contribution in [0, 0.1) is 5.82 Å². The molecule has 0 saturated carbocycles. The fourth-order valence-corrected chi connectivity index (χ4v) is 2.60. The van der Waals surface area contributed by atoms with E-state index in [2.05, 4.69) is 5.32 Å². The molecule has 1 heterocycles. The van der Waals surface area contributed by atoms with E-state index in [4.69, 9.17) is 0 Å². The van der Waals surface area contributed by atoms with Crippen LogP contribution in [0.2, 0.25) is 0 Å². The van der Waals surface area contributed by atoms with Crippen LogP contribution < -0.4 is 5.32 Å². The van der Waals surface area contributed by atoms with Crippen LogP contribution in [-0.4, -0.2) is 16.8 Å². The van der Waals surface area contributed by atoms with E-state index in [1.165, 1.54) is 6.07 Å². The van der Waals surface area contributed by atoms with Crippen LogP contribution >= 0.6 is 0 Å². The number of carbonyl (C=O) groups is 2. The van der Waals surface area contributed by atoms with Crippen molar-refractivity contribution in [3.63, 3.8) is 0 Å². The van der Waals surface area contributed by atoms with E-state index in [-0.39, 0.29) is 12.5 Å². The summed E-state index contributed by atoms with van der Waals surface area (Å²) in [5, 5.41) is 2.70. The standard InChI is InChI=1S/C17H15FN2O2/c1-17(13-8-3-2-4-9-13)15(21)20(16(22)19-17)11-12-7-5-6-10-14(12)18/h2-10H,11H2,1H3,(H,19,22)/t17-/m0/s1. The molecule has 0 bridgehead atoms. The minimum absolute atomic E-state index is 0.0836. The van der Waals surface area contributed by atoms with Gasteiger partial charge in [-0.3, -0.25) is 9.69 Å². The van der Waals surface area contributed by atoms with Gasteiger partial charge in [0.05, 0.1) is 6.54 Å². The van der Waals surface area contributed by atoms with Crippen molar-refractivity contribution in [3.8, 4) is 0 Å². The number of hydrogen-bond acceptors (Lipinski definition) is 2. The Bertz CT molecular complexity index is 732. The molecule has 112 valence electrons. The molecule has 0 radical (unpaired) electrons. The third kappa shape index (κ3) is 2.24. The Morgan fingerprint density at radius 2 is 1.68 bits per heavy atom. The molecule has 0 aliphatic carbocycles. The average Bonchev–Trinajstić information content (AvgIpc) is 2.75. The van der Waals surface area contributed by atoms with E-state index in [1.54, 1.807) is 49.4 Å². The summed E-state index contributed by atoms with van der Waals surface area (Å²) >= 11 is 0. The number of benzene rings is 2. The Hall–Kier alpha value is -2.69. The molecule has 0 spiro atoms. The van der Waals surface area contributed by atoms with Gasteiger partial charge in [-0.15, -0.1) is 0 Å². The van der Waals surface area contributed by atoms with Gasteiger partial charge < -0.3 is 5.32 Å². The summed E-state index contributed by atoms with van der Waals surface area (Å²) in [7, 11) is 0. The SMILES string of the molecule is C[C@@]1(c2ccccc2)NC(=O)N(Cc2ccccc2F)C1=O. The van der Waals surface area contributed by atoms with Gasteiger partial charge in [-0.25, -0.2) is 9.18 Å². The van der Waals surface area contributed by atoms with Crippen molar-refractivity contribution in [2.75, 3.05) is 0 Å². The first-order chi connectivity index (χ1) is 10.5. The highest BCUT2D eigenvalue weighted by Crippen LogP contribution is 2.29. The molecule has 2 aromatic carbocycles. The molecular weight excluding hydrogens is 283 g/mol. The third-order valence-electron chi connectivity index (χ3n) is 3.91. The van der Waals surface area contributed by atoms with E-state index in [0.717, 1.165) is 4.90 Å². The monoisotopic (exact) mass is 298 g/mol. The van der Waals surface area contributed by atoms with Gasteiger partial charge in [0.2, 0.25) is 0 Å². The molecule has 3 amide bonds. The van der Waals surface area contributed by atoms with Crippen LogP contribution in [-0.2, 0) is 16.9 Å². The molecule has 5 heteroatoms. The molecule has 1 N–H and O–H groups in total. The lowest BCUT2D eigenvalue weighted by atomic mass is 9.92. The molecule has 3 rings (SSSR count). The summed E-state index contributed by atoms with van der Waals surface area (Å²) in [6.07, 6.45) is 0. The summed E-state index contributed by atoms with van der Waals surface area (Å²) < 4.78 is 13.7. The number of nitrogens with zero attached hydrogens (tertiary/aromatic N) is 1. The number of hydrogen-bond donors (Lipinski definition) is 1. The maximum absolute atomic E-state index is 13.7. The van der Waals surface area contributed by atoms with Crippen molar-refractivity contribution in [2.24, 2.45) is 0 Å². The molecule has 0 unspecified atom stereocenters. The maximum Gasteiger partial charge on any atom is 0.325 e. The topological polar surface area (TPSA) is 49.4 Å². The van der Waals surface area contributed by atoms with Crippen molar-refractivity contribution < 1.29 is 14.0 Å². The predicted molar refractivity (Wildman–Crippen MR) is 79.3 cm³/mol. The van der Waals surface area contributed by atoms with Crippen LogP contribution in [0.25, 0.3) is 0 Å². The fraction of sp³-hybridized carbons (Fsp3) is 0.176. The van der Waals surface area contributed by atoms with Gasteiger partial charge in [-0.1, -0.05) is 48.5 Å². The van der Waals surface area contributed by atoms with E-state index >= 15 is 0 Å². The Morgan fingerprint density at radius 3 is 2.36 bits per heavy atom. The van der Waals surface area contributed by atoms with E-state index in [9.17, 15) is 14.0 Å². The smallest absolute Gasteiger partial charge is 0.319 e. The highest BCUT2D eigenvalue weighted by atomic mass is 19.1. The summed E-state index contributed by atoms with van der Waals surface area (Å²) in [5.41, 5.74) is -0.114. The third-order valence-corrected chi connectivity index (χ3v) is 3.91. The highest BCUT2D eigenvalue weighted by molar-refractivity contribution is 6.07. The Morgan fingerprint density at radius 1 is 1.05 bits per heavy atom. The molecule has 1 saturated heterocycles. The lowest BCUT2D eigenvalue weighted by molar-refractivity contribution is -0.131. The molecule has 1 aliphatic rings. The second kappa shape index (κ2) is 5.26. The summed E-state index contributed by atoms with van der Waals surface area (Å²) in [6, 6.07) is 14.6. The van der Waals surface area contributed by atoms with Crippen molar-refractivity contribution in [1.29, 1.82) is 0 Å².